The molecule has 1 spiro atoms. The molecular weight excluding hydrogens is 264 g/mol. The fourth-order valence-electron chi connectivity index (χ4n) is 3.18. The van der Waals surface area contributed by atoms with Gasteiger partial charge >= 0.3 is 11.9 Å². The molecule has 0 aromatic heterocycles. The lowest BCUT2D eigenvalue weighted by molar-refractivity contribution is -0.175. The molecule has 114 valence electrons. The molecule has 2 aliphatic rings. The van der Waals surface area contributed by atoms with E-state index in [0.717, 1.165) is 12.8 Å². The first-order valence-electron chi connectivity index (χ1n) is 6.99. The maximum atomic E-state index is 11.9. The molecule has 0 radical (unpaired) electrons. The van der Waals surface area contributed by atoms with Gasteiger partial charge in [-0.2, -0.15) is 0 Å². The second kappa shape index (κ2) is 6.54. The van der Waals surface area contributed by atoms with Gasteiger partial charge in [-0.1, -0.05) is 0 Å². The summed E-state index contributed by atoms with van der Waals surface area (Å²) in [6, 6.07) is 0. The standard InChI is InChI=1S/C14H22O6/c1-17-12(15)11(13(16)18-2)10-3-6-20-14(9-10)4-7-19-8-5-14/h10-11H,3-9H2,1-2H3. The molecule has 2 rings (SSSR count). The predicted octanol–water partition coefficient (Wildman–Crippen LogP) is 0.924. The van der Waals surface area contributed by atoms with Gasteiger partial charge in [0.15, 0.2) is 5.92 Å². The monoisotopic (exact) mass is 286 g/mol. The van der Waals surface area contributed by atoms with Crippen LogP contribution in [0.2, 0.25) is 0 Å². The Labute approximate surface area is 118 Å². The van der Waals surface area contributed by atoms with Gasteiger partial charge in [-0.25, -0.2) is 0 Å². The van der Waals surface area contributed by atoms with Crippen LogP contribution in [0, 0.1) is 11.8 Å². The lowest BCUT2D eigenvalue weighted by atomic mass is 9.75. The number of esters is 2. The molecule has 0 saturated carbocycles. The normalized spacial score (nSPS) is 25.4. The highest BCUT2D eigenvalue weighted by molar-refractivity contribution is 5.95. The average molecular weight is 286 g/mol. The van der Waals surface area contributed by atoms with Crippen molar-refractivity contribution in [3.8, 4) is 0 Å². The van der Waals surface area contributed by atoms with Gasteiger partial charge in [0.1, 0.15) is 0 Å². The van der Waals surface area contributed by atoms with E-state index in [2.05, 4.69) is 0 Å². The smallest absolute Gasteiger partial charge is 0.320 e. The fraction of sp³-hybridized carbons (Fsp3) is 0.857. The molecule has 2 fully saturated rings. The van der Waals surface area contributed by atoms with Crippen LogP contribution in [0.5, 0.6) is 0 Å². The first kappa shape index (κ1) is 15.3. The number of methoxy groups -OCH3 is 2. The van der Waals surface area contributed by atoms with Gasteiger partial charge in [0, 0.05) is 19.8 Å². The number of hydrogen-bond acceptors (Lipinski definition) is 6. The molecular formula is C14H22O6. The van der Waals surface area contributed by atoms with Gasteiger partial charge in [-0.3, -0.25) is 9.59 Å². The molecule has 1 unspecified atom stereocenters. The summed E-state index contributed by atoms with van der Waals surface area (Å²) in [5, 5.41) is 0. The molecule has 1 atom stereocenters. The minimum absolute atomic E-state index is 0.0956. The summed E-state index contributed by atoms with van der Waals surface area (Å²) in [7, 11) is 2.59. The van der Waals surface area contributed by atoms with Crippen molar-refractivity contribution in [2.45, 2.75) is 31.3 Å². The van der Waals surface area contributed by atoms with Crippen LogP contribution in [0.15, 0.2) is 0 Å². The molecule has 0 aromatic carbocycles. The van der Waals surface area contributed by atoms with Gasteiger partial charge < -0.3 is 18.9 Å². The van der Waals surface area contributed by atoms with E-state index in [1.54, 1.807) is 0 Å². The zero-order chi connectivity index (χ0) is 14.6. The third-order valence-corrected chi connectivity index (χ3v) is 4.32. The molecule has 0 bridgehead atoms. The van der Waals surface area contributed by atoms with Crippen LogP contribution in [-0.4, -0.2) is 51.6 Å². The summed E-state index contributed by atoms with van der Waals surface area (Å²) in [5.41, 5.74) is -0.262. The fourth-order valence-corrected chi connectivity index (χ4v) is 3.18. The summed E-state index contributed by atoms with van der Waals surface area (Å²) < 4.78 is 20.8. The highest BCUT2D eigenvalue weighted by Crippen LogP contribution is 2.40. The number of carbonyl (C=O) groups excluding carboxylic acids is 2. The van der Waals surface area contributed by atoms with Crippen molar-refractivity contribution in [2.75, 3.05) is 34.0 Å². The maximum Gasteiger partial charge on any atom is 0.320 e. The topological polar surface area (TPSA) is 71.1 Å². The van der Waals surface area contributed by atoms with Crippen LogP contribution in [0.1, 0.15) is 25.7 Å². The van der Waals surface area contributed by atoms with Crippen LogP contribution in [0.25, 0.3) is 0 Å². The Morgan fingerprint density at radius 2 is 1.70 bits per heavy atom. The first-order valence-corrected chi connectivity index (χ1v) is 6.99. The summed E-state index contributed by atoms with van der Waals surface area (Å²) >= 11 is 0. The van der Waals surface area contributed by atoms with Gasteiger partial charge in [-0.15, -0.1) is 0 Å². The van der Waals surface area contributed by atoms with Crippen molar-refractivity contribution in [3.05, 3.63) is 0 Å². The van der Waals surface area contributed by atoms with Crippen LogP contribution >= 0.6 is 0 Å². The Kier molecular flexibility index (Phi) is 4.99. The number of ether oxygens (including phenoxy) is 4. The van der Waals surface area contributed by atoms with Gasteiger partial charge in [0.2, 0.25) is 0 Å². The van der Waals surface area contributed by atoms with Crippen LogP contribution in [-0.2, 0) is 28.5 Å². The Hall–Kier alpha value is -1.14. The number of carbonyl (C=O) groups is 2. The largest absolute Gasteiger partial charge is 0.468 e. The van der Waals surface area contributed by atoms with Crippen molar-refractivity contribution in [1.29, 1.82) is 0 Å². The SMILES string of the molecule is COC(=O)C(C(=O)OC)C1CCOC2(CCOCC2)C1. The quantitative estimate of drug-likeness (QED) is 0.567. The molecule has 2 aliphatic heterocycles. The third kappa shape index (κ3) is 3.12. The van der Waals surface area contributed by atoms with Gasteiger partial charge in [0.25, 0.3) is 0 Å². The van der Waals surface area contributed by atoms with Crippen molar-refractivity contribution >= 4 is 11.9 Å². The van der Waals surface area contributed by atoms with E-state index in [-0.39, 0.29) is 11.5 Å². The molecule has 0 aliphatic carbocycles. The molecule has 0 aromatic rings. The Balaban J connectivity index is 2.12. The molecule has 0 amide bonds. The van der Waals surface area contributed by atoms with Crippen molar-refractivity contribution in [1.82, 2.24) is 0 Å². The Morgan fingerprint density at radius 3 is 2.25 bits per heavy atom. The van der Waals surface area contributed by atoms with E-state index in [1.807, 2.05) is 0 Å². The highest BCUT2D eigenvalue weighted by atomic mass is 16.5. The highest BCUT2D eigenvalue weighted by Gasteiger charge is 2.46. The van der Waals surface area contributed by atoms with Gasteiger partial charge in [-0.05, 0) is 31.6 Å². The average Bonchev–Trinajstić information content (AvgIpc) is 2.48. The number of hydrogen-bond donors (Lipinski definition) is 0. The summed E-state index contributed by atoms with van der Waals surface area (Å²) in [5.74, 6) is -1.99. The minimum Gasteiger partial charge on any atom is -0.468 e. The summed E-state index contributed by atoms with van der Waals surface area (Å²) in [6.45, 7) is 1.87. The zero-order valence-corrected chi connectivity index (χ0v) is 12.1. The molecule has 20 heavy (non-hydrogen) atoms. The van der Waals surface area contributed by atoms with Gasteiger partial charge in [0.05, 0.1) is 19.8 Å². The predicted molar refractivity (Wildman–Crippen MR) is 69.0 cm³/mol. The van der Waals surface area contributed by atoms with E-state index >= 15 is 0 Å². The molecule has 6 heteroatoms. The Morgan fingerprint density at radius 1 is 1.10 bits per heavy atom. The van der Waals surface area contributed by atoms with Crippen molar-refractivity contribution in [2.24, 2.45) is 11.8 Å². The van der Waals surface area contributed by atoms with Crippen LogP contribution in [0.3, 0.4) is 0 Å². The lowest BCUT2D eigenvalue weighted by Crippen LogP contribution is -2.48. The maximum absolute atomic E-state index is 11.9. The summed E-state index contributed by atoms with van der Waals surface area (Å²) in [6.07, 6.45) is 2.94. The van der Waals surface area contributed by atoms with E-state index in [1.165, 1.54) is 14.2 Å². The molecule has 2 saturated heterocycles. The van der Waals surface area contributed by atoms with E-state index < -0.39 is 17.9 Å². The lowest BCUT2D eigenvalue weighted by Gasteiger charge is -2.44. The van der Waals surface area contributed by atoms with Crippen LogP contribution < -0.4 is 0 Å². The van der Waals surface area contributed by atoms with E-state index in [4.69, 9.17) is 18.9 Å². The third-order valence-electron chi connectivity index (χ3n) is 4.32. The zero-order valence-electron chi connectivity index (χ0n) is 12.1. The molecule has 2 heterocycles. The second-order valence-corrected chi connectivity index (χ2v) is 5.42. The van der Waals surface area contributed by atoms with E-state index in [0.29, 0.717) is 32.7 Å². The first-order chi connectivity index (χ1) is 9.62. The number of rotatable bonds is 3. The van der Waals surface area contributed by atoms with Crippen molar-refractivity contribution in [3.63, 3.8) is 0 Å². The summed E-state index contributed by atoms with van der Waals surface area (Å²) in [4.78, 5) is 23.8. The molecule has 0 N–H and O–H groups in total. The van der Waals surface area contributed by atoms with Crippen molar-refractivity contribution < 1.29 is 28.5 Å². The molecule has 6 nitrogen and oxygen atoms in total. The Bertz CT molecular complexity index is 339. The second-order valence-electron chi connectivity index (χ2n) is 5.42. The minimum atomic E-state index is -0.853. The van der Waals surface area contributed by atoms with E-state index in [9.17, 15) is 9.59 Å². The van der Waals surface area contributed by atoms with Crippen LogP contribution in [0.4, 0.5) is 0 Å².